The molecule has 9 nitrogen and oxygen atoms in total. The fourth-order valence-electron chi connectivity index (χ4n) is 3.89. The molecule has 4 aromatic rings. The lowest BCUT2D eigenvalue weighted by atomic mass is 10.1. The summed E-state index contributed by atoms with van der Waals surface area (Å²) in [4.78, 5) is 30.0. The fourth-order valence-corrected chi connectivity index (χ4v) is 3.89. The first-order chi connectivity index (χ1) is 16.6. The lowest BCUT2D eigenvalue weighted by molar-refractivity contribution is 0.0735. The van der Waals surface area contributed by atoms with Gasteiger partial charge in [-0.05, 0) is 42.5 Å². The van der Waals surface area contributed by atoms with Crippen LogP contribution in [0.4, 0.5) is 21.8 Å². The number of halogens is 1. The van der Waals surface area contributed by atoms with Crippen LogP contribution in [0.1, 0.15) is 10.5 Å². The van der Waals surface area contributed by atoms with Crippen molar-refractivity contribution in [3.05, 3.63) is 78.6 Å². The molecule has 3 aromatic heterocycles. The highest BCUT2D eigenvalue weighted by molar-refractivity contribution is 5.94. The number of benzene rings is 1. The van der Waals surface area contributed by atoms with E-state index in [2.05, 4.69) is 30.3 Å². The predicted octanol–water partition coefficient (Wildman–Crippen LogP) is 3.12. The van der Waals surface area contributed by atoms with Crippen LogP contribution in [0.3, 0.4) is 0 Å². The first kappa shape index (κ1) is 21.5. The zero-order valence-electron chi connectivity index (χ0n) is 18.6. The Kier molecular flexibility index (Phi) is 5.86. The number of rotatable bonds is 5. The minimum absolute atomic E-state index is 0.0804. The summed E-state index contributed by atoms with van der Waals surface area (Å²) >= 11 is 0. The van der Waals surface area contributed by atoms with Gasteiger partial charge in [-0.1, -0.05) is 6.07 Å². The van der Waals surface area contributed by atoms with Gasteiger partial charge in [0.05, 0.1) is 5.69 Å². The molecule has 1 N–H and O–H groups in total. The lowest BCUT2D eigenvalue weighted by Gasteiger charge is -2.35. The summed E-state index contributed by atoms with van der Waals surface area (Å²) in [6.07, 6.45) is 3.23. The highest BCUT2D eigenvalue weighted by Gasteiger charge is 2.25. The maximum Gasteiger partial charge on any atom is 0.272 e. The second kappa shape index (κ2) is 9.26. The molecule has 0 spiro atoms. The molecule has 1 fully saturated rings. The highest BCUT2D eigenvalue weighted by Crippen LogP contribution is 2.22. The Morgan fingerprint density at radius 3 is 2.47 bits per heavy atom. The van der Waals surface area contributed by atoms with Crippen LogP contribution in [0.15, 0.2) is 67.1 Å². The summed E-state index contributed by atoms with van der Waals surface area (Å²) in [6.45, 7) is 2.41. The monoisotopic (exact) mass is 458 g/mol. The van der Waals surface area contributed by atoms with Crippen LogP contribution in [-0.4, -0.2) is 61.7 Å². The minimum atomic E-state index is -0.308. The van der Waals surface area contributed by atoms with Crippen LogP contribution in [0.25, 0.3) is 11.3 Å². The summed E-state index contributed by atoms with van der Waals surface area (Å²) < 4.78 is 14.8. The quantitative estimate of drug-likeness (QED) is 0.491. The zero-order chi connectivity index (χ0) is 23.5. The molecule has 1 amide bonds. The van der Waals surface area contributed by atoms with Crippen molar-refractivity contribution in [3.8, 4) is 11.3 Å². The lowest BCUT2D eigenvalue weighted by Crippen LogP contribution is -2.49. The minimum Gasteiger partial charge on any atom is -0.353 e. The Balaban J connectivity index is 1.24. The fraction of sp³-hybridized carbons (Fsp3) is 0.208. The van der Waals surface area contributed by atoms with Gasteiger partial charge in [0, 0.05) is 51.1 Å². The maximum absolute atomic E-state index is 13.2. The average molecular weight is 459 g/mol. The van der Waals surface area contributed by atoms with Gasteiger partial charge in [-0.2, -0.15) is 5.10 Å². The summed E-state index contributed by atoms with van der Waals surface area (Å²) in [5.41, 5.74) is 1.90. The molecule has 0 saturated carbocycles. The molecule has 4 heterocycles. The highest BCUT2D eigenvalue weighted by atomic mass is 19.1. The molecule has 0 unspecified atom stereocenters. The Hall–Kier alpha value is -4.34. The van der Waals surface area contributed by atoms with E-state index in [9.17, 15) is 9.18 Å². The molecule has 0 aliphatic carbocycles. The normalized spacial score (nSPS) is 13.7. The Morgan fingerprint density at radius 1 is 0.941 bits per heavy atom. The van der Waals surface area contributed by atoms with E-state index in [1.807, 2.05) is 29.2 Å². The molecule has 1 saturated heterocycles. The second-order valence-electron chi connectivity index (χ2n) is 7.93. The predicted molar refractivity (Wildman–Crippen MR) is 126 cm³/mol. The van der Waals surface area contributed by atoms with E-state index in [0.29, 0.717) is 49.2 Å². The van der Waals surface area contributed by atoms with Gasteiger partial charge in [0.25, 0.3) is 5.91 Å². The number of carbonyl (C=O) groups is 1. The number of pyridine rings is 1. The molecule has 172 valence electrons. The Morgan fingerprint density at radius 2 is 1.74 bits per heavy atom. The van der Waals surface area contributed by atoms with E-state index in [-0.39, 0.29) is 11.7 Å². The number of nitrogens with one attached hydrogen (secondary N) is 1. The number of hydrogen-bond acceptors (Lipinski definition) is 7. The van der Waals surface area contributed by atoms with Gasteiger partial charge in [-0.25, -0.2) is 19.3 Å². The third kappa shape index (κ3) is 4.56. The summed E-state index contributed by atoms with van der Waals surface area (Å²) in [7, 11) is 1.74. The van der Waals surface area contributed by atoms with Crippen molar-refractivity contribution in [2.75, 3.05) is 36.4 Å². The van der Waals surface area contributed by atoms with Crippen LogP contribution in [0.2, 0.25) is 0 Å². The van der Waals surface area contributed by atoms with Gasteiger partial charge < -0.3 is 15.1 Å². The Labute approximate surface area is 195 Å². The van der Waals surface area contributed by atoms with Gasteiger partial charge >= 0.3 is 0 Å². The number of carbonyl (C=O) groups excluding carboxylic acids is 1. The van der Waals surface area contributed by atoms with Crippen LogP contribution >= 0.6 is 0 Å². The molecule has 1 aliphatic rings. The first-order valence-corrected chi connectivity index (χ1v) is 10.9. The molecule has 34 heavy (non-hydrogen) atoms. The van der Waals surface area contributed by atoms with E-state index in [1.54, 1.807) is 36.1 Å². The molecule has 0 bridgehead atoms. The van der Waals surface area contributed by atoms with Crippen LogP contribution in [0.5, 0.6) is 0 Å². The molecule has 10 heteroatoms. The summed E-state index contributed by atoms with van der Waals surface area (Å²) in [5, 5.41) is 7.61. The number of hydrogen-bond donors (Lipinski definition) is 1. The van der Waals surface area contributed by atoms with E-state index in [1.165, 1.54) is 18.5 Å². The van der Waals surface area contributed by atoms with Crippen molar-refractivity contribution in [1.29, 1.82) is 0 Å². The molecule has 1 aliphatic heterocycles. The Bertz CT molecular complexity index is 1280. The molecular formula is C24H23FN8O. The van der Waals surface area contributed by atoms with Gasteiger partial charge in [-0.3, -0.25) is 9.48 Å². The van der Waals surface area contributed by atoms with Crippen molar-refractivity contribution < 1.29 is 9.18 Å². The number of piperazine rings is 1. The standard InChI is InChI=1S/C24H23FN8O/c1-31-20(14-19(30-31)17-5-7-18(25)8-6-17)24(34)33-12-10-32(11-13-33)23-15-22(27-16-28-23)29-21-4-2-3-9-26-21/h2-9,14-16H,10-13H2,1H3,(H,26,27,28,29). The van der Waals surface area contributed by atoms with Gasteiger partial charge in [0.1, 0.15) is 35.3 Å². The number of anilines is 3. The SMILES string of the molecule is Cn1nc(-c2ccc(F)cc2)cc1C(=O)N1CCN(c2cc(Nc3ccccn3)ncn2)CC1. The van der Waals surface area contributed by atoms with E-state index in [0.717, 1.165) is 11.4 Å². The topological polar surface area (TPSA) is 92.1 Å². The van der Waals surface area contributed by atoms with Crippen LogP contribution < -0.4 is 10.2 Å². The molecular weight excluding hydrogens is 435 g/mol. The molecule has 0 radical (unpaired) electrons. The first-order valence-electron chi connectivity index (χ1n) is 10.9. The largest absolute Gasteiger partial charge is 0.353 e. The third-order valence-corrected chi connectivity index (χ3v) is 5.70. The van der Waals surface area contributed by atoms with Crippen molar-refractivity contribution in [2.24, 2.45) is 7.05 Å². The van der Waals surface area contributed by atoms with E-state index >= 15 is 0 Å². The van der Waals surface area contributed by atoms with Crippen molar-refractivity contribution >= 4 is 23.4 Å². The van der Waals surface area contributed by atoms with Crippen LogP contribution in [0, 0.1) is 5.82 Å². The molecule has 1 aromatic carbocycles. The molecule has 5 rings (SSSR count). The van der Waals surface area contributed by atoms with Crippen molar-refractivity contribution in [1.82, 2.24) is 29.6 Å². The van der Waals surface area contributed by atoms with Crippen molar-refractivity contribution in [3.63, 3.8) is 0 Å². The summed E-state index contributed by atoms with van der Waals surface area (Å²) in [5.74, 6) is 1.77. The van der Waals surface area contributed by atoms with E-state index in [4.69, 9.17) is 0 Å². The van der Waals surface area contributed by atoms with E-state index < -0.39 is 0 Å². The van der Waals surface area contributed by atoms with Crippen LogP contribution in [-0.2, 0) is 7.05 Å². The third-order valence-electron chi connectivity index (χ3n) is 5.70. The average Bonchev–Trinajstić information content (AvgIpc) is 3.26. The number of nitrogens with zero attached hydrogens (tertiary/aromatic N) is 7. The zero-order valence-corrected chi connectivity index (χ0v) is 18.6. The van der Waals surface area contributed by atoms with Gasteiger partial charge in [-0.15, -0.1) is 0 Å². The smallest absolute Gasteiger partial charge is 0.272 e. The number of aromatic nitrogens is 5. The van der Waals surface area contributed by atoms with Crippen molar-refractivity contribution in [2.45, 2.75) is 0 Å². The maximum atomic E-state index is 13.2. The number of amides is 1. The van der Waals surface area contributed by atoms with Gasteiger partial charge in [0.2, 0.25) is 0 Å². The second-order valence-corrected chi connectivity index (χ2v) is 7.93. The van der Waals surface area contributed by atoms with Gasteiger partial charge in [0.15, 0.2) is 0 Å². The summed E-state index contributed by atoms with van der Waals surface area (Å²) in [6, 6.07) is 15.3. The number of aryl methyl sites for hydroxylation is 1. The molecule has 0 atom stereocenters.